The second-order valence-corrected chi connectivity index (χ2v) is 12.1. The van der Waals surface area contributed by atoms with Crippen LogP contribution in [0.15, 0.2) is 53.4 Å². The van der Waals surface area contributed by atoms with Crippen molar-refractivity contribution in [2.24, 2.45) is 0 Å². The van der Waals surface area contributed by atoms with E-state index in [0.717, 1.165) is 4.90 Å². The minimum Gasteiger partial charge on any atom is -0.482 e. The Morgan fingerprint density at radius 1 is 1.05 bits per heavy atom. The molecular weight excluding hydrogens is 557 g/mol. The average molecular weight is 585 g/mol. The molecule has 1 fully saturated rings. The molecule has 0 N–H and O–H groups in total. The van der Waals surface area contributed by atoms with Gasteiger partial charge in [0.1, 0.15) is 11.4 Å². The number of carbonyl (C=O) groups excluding carboxylic acids is 2. The molecule has 12 heteroatoms. The minimum atomic E-state index is -4.97. The third kappa shape index (κ3) is 6.09. The molecule has 2 heterocycles. The molecule has 1 spiro atoms. The van der Waals surface area contributed by atoms with E-state index in [9.17, 15) is 31.2 Å². The molecular formula is C27H28ClF3N2O5S. The predicted molar refractivity (Wildman–Crippen MR) is 140 cm³/mol. The second-order valence-electron chi connectivity index (χ2n) is 9.52. The quantitative estimate of drug-likeness (QED) is 0.449. The number of alkyl halides is 3. The summed E-state index contributed by atoms with van der Waals surface area (Å²) in [7, 11) is 1.54. The van der Waals surface area contributed by atoms with Crippen molar-refractivity contribution in [3.63, 3.8) is 0 Å². The Morgan fingerprint density at radius 2 is 1.72 bits per heavy atom. The number of nitrogens with zero attached hydrogens (tertiary/aromatic N) is 2. The molecule has 210 valence electrons. The van der Waals surface area contributed by atoms with Gasteiger partial charge in [0.25, 0.3) is 15.0 Å². The fourth-order valence-electron chi connectivity index (χ4n) is 5.03. The zero-order valence-corrected chi connectivity index (χ0v) is 23.0. The lowest BCUT2D eigenvalue weighted by Gasteiger charge is -2.37. The van der Waals surface area contributed by atoms with Gasteiger partial charge in [0.05, 0.1) is 4.90 Å². The minimum absolute atomic E-state index is 0.0644. The Bertz CT molecular complexity index is 1410. The van der Waals surface area contributed by atoms with E-state index >= 15 is 0 Å². The van der Waals surface area contributed by atoms with Gasteiger partial charge in [-0.25, -0.2) is 8.42 Å². The van der Waals surface area contributed by atoms with Crippen LogP contribution in [0, 0.1) is 0 Å². The van der Waals surface area contributed by atoms with Gasteiger partial charge >= 0.3 is 12.1 Å². The molecule has 2 aliphatic rings. The van der Waals surface area contributed by atoms with Crippen molar-refractivity contribution in [1.82, 2.24) is 9.80 Å². The predicted octanol–water partition coefficient (Wildman–Crippen LogP) is 5.23. The molecule has 1 atom stereocenters. The van der Waals surface area contributed by atoms with Crippen LogP contribution in [-0.4, -0.2) is 68.0 Å². The number of likely N-dealkylation sites (tertiary alicyclic amines) is 1. The number of hydrogen-bond donors (Lipinski definition) is 0. The number of ether oxygens (including phenoxy) is 1. The van der Waals surface area contributed by atoms with E-state index in [1.165, 1.54) is 18.2 Å². The number of benzene rings is 2. The van der Waals surface area contributed by atoms with Crippen LogP contribution in [-0.2, 0) is 13.8 Å². The van der Waals surface area contributed by atoms with Gasteiger partial charge in [-0.2, -0.15) is 13.2 Å². The highest BCUT2D eigenvalue weighted by atomic mass is 35.7. The summed E-state index contributed by atoms with van der Waals surface area (Å²) >= 11 is 0. The van der Waals surface area contributed by atoms with Crippen molar-refractivity contribution in [3.8, 4) is 5.75 Å². The van der Waals surface area contributed by atoms with Crippen molar-refractivity contribution in [2.75, 3.05) is 26.2 Å². The first-order valence-electron chi connectivity index (χ1n) is 12.5. The number of hydrogen-bond acceptors (Lipinski definition) is 5. The first-order valence-corrected chi connectivity index (χ1v) is 14.9. The number of carbonyl (C=O) groups is 2. The molecule has 0 aromatic heterocycles. The third-order valence-corrected chi connectivity index (χ3v) is 8.45. The molecule has 0 aliphatic carbocycles. The molecule has 1 unspecified atom stereocenters. The highest BCUT2D eigenvalue weighted by Gasteiger charge is 2.45. The van der Waals surface area contributed by atoms with Crippen molar-refractivity contribution in [2.45, 2.75) is 49.8 Å². The molecule has 0 radical (unpaired) electrons. The first kappa shape index (κ1) is 28.9. The van der Waals surface area contributed by atoms with Crippen LogP contribution < -0.4 is 4.74 Å². The smallest absolute Gasteiger partial charge is 0.471 e. The monoisotopic (exact) mass is 584 g/mol. The van der Waals surface area contributed by atoms with Crippen molar-refractivity contribution in [3.05, 3.63) is 65.2 Å². The zero-order chi connectivity index (χ0) is 28.6. The molecule has 1 saturated heterocycles. The molecule has 4 rings (SSSR count). The van der Waals surface area contributed by atoms with Crippen molar-refractivity contribution >= 4 is 37.1 Å². The van der Waals surface area contributed by atoms with E-state index in [1.54, 1.807) is 35.2 Å². The SMILES string of the molecule is CCN(CC)C(=O)c1ccc(C2=CC3(CCCN(C(=O)C(F)(F)F)CC3)Oc3ccc(S(=O)(=O)Cl)cc32)cc1. The van der Waals surface area contributed by atoms with Gasteiger partial charge in [-0.1, -0.05) is 12.1 Å². The topological polar surface area (TPSA) is 84.0 Å². The van der Waals surface area contributed by atoms with E-state index in [2.05, 4.69) is 0 Å². The lowest BCUT2D eigenvalue weighted by atomic mass is 9.84. The fraction of sp³-hybridized carbons (Fsp3) is 0.407. The van der Waals surface area contributed by atoms with Crippen LogP contribution in [0.3, 0.4) is 0 Å². The molecule has 2 amide bonds. The Labute approximate surface area is 229 Å². The van der Waals surface area contributed by atoms with Crippen LogP contribution in [0.25, 0.3) is 5.57 Å². The Balaban J connectivity index is 1.76. The molecule has 2 aromatic rings. The normalized spacial score (nSPS) is 19.5. The second kappa shape index (κ2) is 10.8. The molecule has 2 aliphatic heterocycles. The molecule has 39 heavy (non-hydrogen) atoms. The van der Waals surface area contributed by atoms with Crippen molar-refractivity contribution in [1.29, 1.82) is 0 Å². The van der Waals surface area contributed by atoms with E-state index < -0.39 is 26.7 Å². The van der Waals surface area contributed by atoms with Gasteiger partial charge in [0.15, 0.2) is 0 Å². The lowest BCUT2D eigenvalue weighted by Crippen LogP contribution is -2.43. The van der Waals surface area contributed by atoms with Gasteiger partial charge in [-0.15, -0.1) is 0 Å². The van der Waals surface area contributed by atoms with Crippen LogP contribution in [0.2, 0.25) is 0 Å². The van der Waals surface area contributed by atoms with Gasteiger partial charge in [-0.05, 0) is 74.2 Å². The number of halogens is 4. The van der Waals surface area contributed by atoms with Crippen LogP contribution in [0.1, 0.15) is 54.6 Å². The standard InChI is InChI=1S/C27H28ClF3N2O5S/c1-3-32(4-2)24(34)19-8-6-18(7-9-19)22-17-26(12-5-14-33(15-13-26)25(35)27(29,30)31)38-23-11-10-20(16-21(22)23)39(28,36)37/h6-11,16-17H,3-5,12-15H2,1-2H3. The van der Waals surface area contributed by atoms with E-state index in [1.807, 2.05) is 13.8 Å². The molecule has 2 aromatic carbocycles. The summed E-state index contributed by atoms with van der Waals surface area (Å²) < 4.78 is 69.7. The fourth-order valence-corrected chi connectivity index (χ4v) is 5.81. The van der Waals surface area contributed by atoms with Gasteiger partial charge in [0.2, 0.25) is 0 Å². The maximum absolute atomic E-state index is 13.1. The van der Waals surface area contributed by atoms with E-state index in [4.69, 9.17) is 15.4 Å². The summed E-state index contributed by atoms with van der Waals surface area (Å²) in [5, 5.41) is 0. The largest absolute Gasteiger partial charge is 0.482 e. The lowest BCUT2D eigenvalue weighted by molar-refractivity contribution is -0.185. The molecule has 0 bridgehead atoms. The van der Waals surface area contributed by atoms with E-state index in [0.29, 0.717) is 47.5 Å². The summed E-state index contributed by atoms with van der Waals surface area (Å²) in [5.41, 5.74) is 1.15. The molecule has 0 saturated carbocycles. The van der Waals surface area contributed by atoms with Gasteiger partial charge in [0, 0.05) is 54.4 Å². The first-order chi connectivity index (χ1) is 18.3. The zero-order valence-electron chi connectivity index (χ0n) is 21.4. The summed E-state index contributed by atoms with van der Waals surface area (Å²) in [6.07, 6.45) is -2.47. The van der Waals surface area contributed by atoms with E-state index in [-0.39, 0.29) is 36.7 Å². The number of fused-ring (bicyclic) bond motifs is 1. The van der Waals surface area contributed by atoms with Crippen LogP contribution >= 0.6 is 10.7 Å². The Hall–Kier alpha value is -3.05. The van der Waals surface area contributed by atoms with Crippen LogP contribution in [0.4, 0.5) is 13.2 Å². The van der Waals surface area contributed by atoms with Gasteiger partial charge < -0.3 is 14.5 Å². The average Bonchev–Trinajstić information content (AvgIpc) is 3.09. The van der Waals surface area contributed by atoms with Crippen molar-refractivity contribution < 1.29 is 35.9 Å². The summed E-state index contributed by atoms with van der Waals surface area (Å²) in [4.78, 5) is 27.0. The maximum atomic E-state index is 13.1. The third-order valence-electron chi connectivity index (χ3n) is 7.10. The van der Waals surface area contributed by atoms with Crippen LogP contribution in [0.5, 0.6) is 5.75 Å². The summed E-state index contributed by atoms with van der Waals surface area (Å²) in [5.74, 6) is -1.67. The van der Waals surface area contributed by atoms with Gasteiger partial charge in [-0.3, -0.25) is 9.59 Å². The number of amides is 2. The maximum Gasteiger partial charge on any atom is 0.471 e. The molecule has 7 nitrogen and oxygen atoms in total. The summed E-state index contributed by atoms with van der Waals surface area (Å²) in [6, 6.07) is 11.0. The highest BCUT2D eigenvalue weighted by Crippen LogP contribution is 2.44. The Morgan fingerprint density at radius 3 is 2.31 bits per heavy atom. The summed E-state index contributed by atoms with van der Waals surface area (Å²) in [6.45, 7) is 4.65. The Kier molecular flexibility index (Phi) is 8.05. The number of rotatable bonds is 5. The highest BCUT2D eigenvalue weighted by molar-refractivity contribution is 8.13.